The van der Waals surface area contributed by atoms with Crippen molar-refractivity contribution in [1.82, 2.24) is 10.6 Å². The molecule has 0 aliphatic heterocycles. The van der Waals surface area contributed by atoms with Gasteiger partial charge in [0, 0.05) is 12.0 Å². The third-order valence-electron chi connectivity index (χ3n) is 5.41. The minimum absolute atomic E-state index is 0.0943. The van der Waals surface area contributed by atoms with Gasteiger partial charge in [0.2, 0.25) is 0 Å². The van der Waals surface area contributed by atoms with E-state index in [0.717, 1.165) is 18.5 Å². The molecule has 0 spiro atoms. The number of rotatable bonds is 7. The van der Waals surface area contributed by atoms with Crippen LogP contribution in [0.4, 0.5) is 0 Å². The Morgan fingerprint density at radius 1 is 1.08 bits per heavy atom. The van der Waals surface area contributed by atoms with Crippen molar-refractivity contribution in [3.8, 4) is 0 Å². The lowest BCUT2D eigenvalue weighted by Gasteiger charge is -2.51. The van der Waals surface area contributed by atoms with Crippen LogP contribution in [0.2, 0.25) is 0 Å². The minimum Gasteiger partial charge on any atom is -0.312 e. The average Bonchev–Trinajstić information content (AvgIpc) is 2.63. The zero-order valence-corrected chi connectivity index (χ0v) is 14.6. The number of aryl methyl sites for hydroxylation is 1. The summed E-state index contributed by atoms with van der Waals surface area (Å²) >= 11 is 0. The van der Waals surface area contributed by atoms with Crippen molar-refractivity contribution < 1.29 is 0 Å². The van der Waals surface area contributed by atoms with E-state index in [4.69, 9.17) is 5.73 Å². The number of nitrogens with two attached hydrogens (primary N) is 1. The fourth-order valence-corrected chi connectivity index (χ4v) is 3.62. The molecular weight excluding hydrogens is 306 g/mol. The summed E-state index contributed by atoms with van der Waals surface area (Å²) < 4.78 is 0. The minimum atomic E-state index is -0.195. The molecule has 2 aromatic carbocycles. The van der Waals surface area contributed by atoms with Gasteiger partial charge in [0.25, 0.3) is 0 Å². The van der Waals surface area contributed by atoms with Gasteiger partial charge in [-0.15, -0.1) is 0 Å². The second-order valence-electron chi connectivity index (χ2n) is 7.09. The molecule has 3 atom stereocenters. The summed E-state index contributed by atoms with van der Waals surface area (Å²) in [6.07, 6.45) is 7.81. The molecule has 0 fully saturated rings. The van der Waals surface area contributed by atoms with Crippen molar-refractivity contribution in [2.24, 2.45) is 11.1 Å². The van der Waals surface area contributed by atoms with Crippen LogP contribution < -0.4 is 16.4 Å². The second-order valence-corrected chi connectivity index (χ2v) is 7.09. The van der Waals surface area contributed by atoms with Crippen LogP contribution in [-0.4, -0.2) is 6.17 Å². The number of benzene rings is 2. The van der Waals surface area contributed by atoms with Gasteiger partial charge in [0.15, 0.2) is 0 Å². The molecule has 0 radical (unpaired) electrons. The van der Waals surface area contributed by atoms with Crippen molar-refractivity contribution in [2.45, 2.75) is 32.2 Å². The van der Waals surface area contributed by atoms with Gasteiger partial charge in [-0.05, 0) is 30.0 Å². The molecular formula is C22H25N3. The van der Waals surface area contributed by atoms with Gasteiger partial charge in [-0.1, -0.05) is 78.4 Å². The Kier molecular flexibility index (Phi) is 4.30. The third kappa shape index (κ3) is 3.07. The maximum Gasteiger partial charge on any atom is 0.0822 e. The van der Waals surface area contributed by atoms with E-state index in [9.17, 15) is 0 Å². The predicted octanol–water partition coefficient (Wildman–Crippen LogP) is 3.54. The van der Waals surface area contributed by atoms with Crippen LogP contribution in [0.3, 0.4) is 0 Å². The van der Waals surface area contributed by atoms with Crippen LogP contribution >= 0.6 is 0 Å². The third-order valence-corrected chi connectivity index (χ3v) is 5.41. The van der Waals surface area contributed by atoms with E-state index in [2.05, 4.69) is 84.3 Å². The lowest BCUT2D eigenvalue weighted by Crippen LogP contribution is -2.60. The lowest BCUT2D eigenvalue weighted by atomic mass is 9.59. The Hall–Kier alpha value is -2.20. The van der Waals surface area contributed by atoms with Gasteiger partial charge in [-0.2, -0.15) is 0 Å². The van der Waals surface area contributed by atoms with E-state index in [1.165, 1.54) is 16.7 Å². The van der Waals surface area contributed by atoms with Crippen LogP contribution in [0.5, 0.6) is 0 Å². The number of hydrogen-bond donors (Lipinski definition) is 3. The van der Waals surface area contributed by atoms with Crippen LogP contribution in [0, 0.1) is 12.3 Å². The molecule has 0 saturated heterocycles. The number of fused-ring (bicyclic) bond motifs is 1. The Balaban J connectivity index is 1.49. The molecule has 0 saturated carbocycles. The Morgan fingerprint density at radius 3 is 2.40 bits per heavy atom. The van der Waals surface area contributed by atoms with E-state index >= 15 is 0 Å². The summed E-state index contributed by atoms with van der Waals surface area (Å²) in [4.78, 5) is 0. The fourth-order valence-electron chi connectivity index (χ4n) is 3.62. The maximum atomic E-state index is 6.47. The molecule has 3 heteroatoms. The normalized spacial score (nSPS) is 23.0. The van der Waals surface area contributed by atoms with Gasteiger partial charge in [0.1, 0.15) is 0 Å². The van der Waals surface area contributed by atoms with Crippen molar-refractivity contribution in [1.29, 1.82) is 0 Å². The molecule has 4 N–H and O–H groups in total. The highest BCUT2D eigenvalue weighted by Gasteiger charge is 2.48. The first-order valence-corrected chi connectivity index (χ1v) is 8.93. The van der Waals surface area contributed by atoms with Crippen LogP contribution in [-0.2, 0) is 6.54 Å². The molecule has 128 valence electrons. The Labute approximate surface area is 149 Å². The van der Waals surface area contributed by atoms with Crippen LogP contribution in [0.25, 0.3) is 0 Å². The highest BCUT2D eigenvalue weighted by Crippen LogP contribution is 2.52. The smallest absolute Gasteiger partial charge is 0.0822 e. The SMILES string of the molecule is Cc1ccc(C(N)NC(NCc2ccccc2)C23C=CC2=CC3)cc1. The molecule has 0 amide bonds. The summed E-state index contributed by atoms with van der Waals surface area (Å²) in [7, 11) is 0. The van der Waals surface area contributed by atoms with Crippen molar-refractivity contribution in [3.63, 3.8) is 0 Å². The first kappa shape index (κ1) is 16.3. The van der Waals surface area contributed by atoms with E-state index in [1.807, 2.05) is 6.07 Å². The monoisotopic (exact) mass is 331 g/mol. The van der Waals surface area contributed by atoms with Gasteiger partial charge in [0.05, 0.1) is 12.3 Å². The summed E-state index contributed by atoms with van der Waals surface area (Å²) in [5.41, 5.74) is 11.6. The Morgan fingerprint density at radius 2 is 1.84 bits per heavy atom. The largest absolute Gasteiger partial charge is 0.312 e. The number of nitrogens with one attached hydrogen (secondary N) is 2. The first-order valence-electron chi connectivity index (χ1n) is 8.93. The highest BCUT2D eigenvalue weighted by atomic mass is 15.2. The molecule has 2 aliphatic rings. The van der Waals surface area contributed by atoms with E-state index in [0.29, 0.717) is 0 Å². The number of hydrogen-bond acceptors (Lipinski definition) is 3. The quantitative estimate of drug-likeness (QED) is 0.680. The van der Waals surface area contributed by atoms with Crippen molar-refractivity contribution in [2.75, 3.05) is 0 Å². The average molecular weight is 331 g/mol. The van der Waals surface area contributed by atoms with Crippen molar-refractivity contribution in [3.05, 3.63) is 95.1 Å². The highest BCUT2D eigenvalue weighted by molar-refractivity contribution is 5.51. The zero-order valence-electron chi connectivity index (χ0n) is 14.6. The van der Waals surface area contributed by atoms with Gasteiger partial charge in [-0.3, -0.25) is 10.6 Å². The summed E-state index contributed by atoms with van der Waals surface area (Å²) in [5, 5.41) is 7.31. The van der Waals surface area contributed by atoms with Crippen LogP contribution in [0.15, 0.2) is 78.4 Å². The standard InChI is InChI=1S/C22H25N3/c1-16-7-9-18(10-8-16)20(23)25-21(22-13-11-19(22)12-14-22)24-15-17-5-3-2-4-6-17/h2-13,20-21,24-25H,14-15,23H2,1H3. The molecule has 3 nitrogen and oxygen atoms in total. The van der Waals surface area contributed by atoms with Gasteiger partial charge < -0.3 is 5.73 Å². The van der Waals surface area contributed by atoms with E-state index in [-0.39, 0.29) is 17.7 Å². The predicted molar refractivity (Wildman–Crippen MR) is 103 cm³/mol. The van der Waals surface area contributed by atoms with Gasteiger partial charge >= 0.3 is 0 Å². The van der Waals surface area contributed by atoms with Crippen LogP contribution in [0.1, 0.15) is 29.3 Å². The maximum absolute atomic E-state index is 6.47. The van der Waals surface area contributed by atoms with Crippen molar-refractivity contribution >= 4 is 0 Å². The molecule has 4 rings (SSSR count). The molecule has 0 bridgehead atoms. The number of allylic oxidation sites excluding steroid dienone is 2. The van der Waals surface area contributed by atoms with E-state index < -0.39 is 0 Å². The zero-order chi connectivity index (χ0) is 17.3. The lowest BCUT2D eigenvalue weighted by molar-refractivity contribution is 0.204. The molecule has 3 unspecified atom stereocenters. The summed E-state index contributed by atoms with van der Waals surface area (Å²) in [6.45, 7) is 2.92. The van der Waals surface area contributed by atoms with Gasteiger partial charge in [-0.25, -0.2) is 0 Å². The molecule has 0 heterocycles. The first-order chi connectivity index (χ1) is 12.2. The molecule has 25 heavy (non-hydrogen) atoms. The molecule has 2 aliphatic carbocycles. The van der Waals surface area contributed by atoms with E-state index in [1.54, 1.807) is 0 Å². The molecule has 2 aromatic rings. The summed E-state index contributed by atoms with van der Waals surface area (Å²) in [6, 6.07) is 18.9. The second kappa shape index (κ2) is 6.60. The fraction of sp³-hybridized carbons (Fsp3) is 0.273. The molecule has 0 aromatic heterocycles. The Bertz CT molecular complexity index is 792. The summed E-state index contributed by atoms with van der Waals surface area (Å²) in [5.74, 6) is 0. The topological polar surface area (TPSA) is 50.1 Å².